The normalized spacial score (nSPS) is 24.3. The minimum atomic E-state index is -3.61. The minimum absolute atomic E-state index is 0.249. The van der Waals surface area contributed by atoms with Crippen molar-refractivity contribution in [1.82, 2.24) is 0 Å². The first-order valence-corrected chi connectivity index (χ1v) is 9.88. The van der Waals surface area contributed by atoms with Crippen molar-refractivity contribution in [2.75, 3.05) is 13.2 Å². The molecule has 0 heterocycles. The Kier molecular flexibility index (Phi) is 7.74. The molecule has 1 saturated carbocycles. The molecule has 23 heavy (non-hydrogen) atoms. The van der Waals surface area contributed by atoms with Crippen LogP contribution in [0.4, 0.5) is 0 Å². The molecule has 0 saturated heterocycles. The molecule has 0 radical (unpaired) electrons. The van der Waals surface area contributed by atoms with E-state index >= 15 is 0 Å². The lowest BCUT2D eigenvalue weighted by molar-refractivity contribution is -0.0199. The van der Waals surface area contributed by atoms with Crippen LogP contribution >= 0.6 is 7.82 Å². The lowest BCUT2D eigenvalue weighted by atomic mass is 9.95. The number of hydrogen-bond acceptors (Lipinski definition) is 5. The van der Waals surface area contributed by atoms with Crippen molar-refractivity contribution in [3.8, 4) is 0 Å². The van der Waals surface area contributed by atoms with Crippen LogP contribution in [0.25, 0.3) is 0 Å². The van der Waals surface area contributed by atoms with E-state index in [1.165, 1.54) is 5.56 Å². The van der Waals surface area contributed by atoms with E-state index in [0.29, 0.717) is 19.4 Å². The Morgan fingerprint density at radius 2 is 1.91 bits per heavy atom. The Morgan fingerprint density at radius 3 is 2.61 bits per heavy atom. The Balaban J connectivity index is 1.80. The molecule has 2 rings (SSSR count). The Labute approximate surface area is 138 Å². The predicted octanol–water partition coefficient (Wildman–Crippen LogP) is 4.10. The van der Waals surface area contributed by atoms with Gasteiger partial charge in [-0.1, -0.05) is 43.2 Å². The van der Waals surface area contributed by atoms with Crippen molar-refractivity contribution >= 4 is 7.82 Å². The van der Waals surface area contributed by atoms with Gasteiger partial charge in [-0.15, -0.1) is 0 Å². The van der Waals surface area contributed by atoms with Crippen LogP contribution in [-0.4, -0.2) is 30.5 Å². The second kappa shape index (κ2) is 9.55. The van der Waals surface area contributed by atoms with Gasteiger partial charge in [-0.05, 0) is 38.2 Å². The minimum Gasteiger partial charge on any atom is -0.390 e. The summed E-state index contributed by atoms with van der Waals surface area (Å²) in [6.07, 6.45) is 3.81. The monoisotopic (exact) mass is 342 g/mol. The molecule has 0 spiro atoms. The molecule has 1 aromatic rings. The summed E-state index contributed by atoms with van der Waals surface area (Å²) in [7, 11) is -3.61. The molecular formula is C17H27O5P. The average Bonchev–Trinajstić information content (AvgIpc) is 2.55. The largest absolute Gasteiger partial charge is 0.475 e. The molecule has 0 aliphatic heterocycles. The molecule has 1 aliphatic carbocycles. The Hall–Kier alpha value is -0.710. The van der Waals surface area contributed by atoms with E-state index in [9.17, 15) is 9.67 Å². The lowest BCUT2D eigenvalue weighted by Crippen LogP contribution is -2.31. The molecule has 0 aromatic heterocycles. The van der Waals surface area contributed by atoms with Crippen LogP contribution in [0.15, 0.2) is 30.3 Å². The number of phosphoric ester groups is 1. The van der Waals surface area contributed by atoms with Gasteiger partial charge in [0, 0.05) is 0 Å². The second-order valence-electron chi connectivity index (χ2n) is 5.78. The van der Waals surface area contributed by atoms with Crippen molar-refractivity contribution in [1.29, 1.82) is 0 Å². The van der Waals surface area contributed by atoms with Crippen LogP contribution in [0, 0.1) is 0 Å². The maximum atomic E-state index is 12.7. The van der Waals surface area contributed by atoms with Gasteiger partial charge < -0.3 is 5.11 Å². The van der Waals surface area contributed by atoms with E-state index < -0.39 is 20.0 Å². The van der Waals surface area contributed by atoms with Gasteiger partial charge in [0.15, 0.2) is 0 Å². The van der Waals surface area contributed by atoms with Crippen molar-refractivity contribution < 1.29 is 23.2 Å². The summed E-state index contributed by atoms with van der Waals surface area (Å²) in [6.45, 7) is 2.30. The third kappa shape index (κ3) is 6.36. The number of hydrogen-bond donors (Lipinski definition) is 1. The van der Waals surface area contributed by atoms with Crippen LogP contribution in [-0.2, 0) is 24.6 Å². The zero-order valence-corrected chi connectivity index (χ0v) is 14.6. The molecule has 0 amide bonds. The molecule has 0 bridgehead atoms. The first kappa shape index (κ1) is 18.6. The van der Waals surface area contributed by atoms with E-state index in [1.807, 2.05) is 18.2 Å². The summed E-state index contributed by atoms with van der Waals surface area (Å²) in [4.78, 5) is 0. The number of rotatable bonds is 9. The second-order valence-corrected chi connectivity index (χ2v) is 7.40. The lowest BCUT2D eigenvalue weighted by Gasteiger charge is -2.30. The van der Waals surface area contributed by atoms with Gasteiger partial charge in [0.05, 0.1) is 25.4 Å². The zero-order valence-electron chi connectivity index (χ0n) is 13.7. The molecule has 6 heteroatoms. The van der Waals surface area contributed by atoms with E-state index in [-0.39, 0.29) is 6.61 Å². The molecule has 1 aliphatic rings. The predicted molar refractivity (Wildman–Crippen MR) is 89.3 cm³/mol. The van der Waals surface area contributed by atoms with Crippen molar-refractivity contribution in [2.45, 2.75) is 57.7 Å². The maximum absolute atomic E-state index is 12.7. The van der Waals surface area contributed by atoms with Crippen molar-refractivity contribution in [3.63, 3.8) is 0 Å². The van der Waals surface area contributed by atoms with Gasteiger partial charge in [0.2, 0.25) is 0 Å². The fourth-order valence-corrected chi connectivity index (χ4v) is 4.16. The number of benzene rings is 1. The van der Waals surface area contributed by atoms with E-state index in [2.05, 4.69) is 12.1 Å². The summed E-state index contributed by atoms with van der Waals surface area (Å²) >= 11 is 0. The Bertz CT molecular complexity index is 493. The molecule has 1 fully saturated rings. The van der Waals surface area contributed by atoms with E-state index in [1.54, 1.807) is 6.92 Å². The molecule has 1 aromatic carbocycles. The third-order valence-corrected chi connectivity index (χ3v) is 5.52. The number of aryl methyl sites for hydroxylation is 1. The Morgan fingerprint density at radius 1 is 1.17 bits per heavy atom. The highest BCUT2D eigenvalue weighted by Gasteiger charge is 2.35. The highest BCUT2D eigenvalue weighted by Crippen LogP contribution is 2.52. The number of aliphatic hydroxyl groups is 1. The third-order valence-electron chi connectivity index (χ3n) is 3.92. The van der Waals surface area contributed by atoms with Crippen LogP contribution < -0.4 is 0 Å². The van der Waals surface area contributed by atoms with Gasteiger partial charge in [0.25, 0.3) is 0 Å². The van der Waals surface area contributed by atoms with Crippen molar-refractivity contribution in [3.05, 3.63) is 35.9 Å². The first-order valence-electron chi connectivity index (χ1n) is 8.42. The summed E-state index contributed by atoms with van der Waals surface area (Å²) in [5.41, 5.74) is 1.21. The van der Waals surface area contributed by atoms with Crippen molar-refractivity contribution in [2.24, 2.45) is 0 Å². The highest BCUT2D eigenvalue weighted by atomic mass is 31.2. The summed E-state index contributed by atoms with van der Waals surface area (Å²) in [5.74, 6) is 0. The van der Waals surface area contributed by atoms with Gasteiger partial charge in [-0.25, -0.2) is 4.57 Å². The summed E-state index contributed by atoms with van der Waals surface area (Å²) in [6, 6.07) is 10.1. The van der Waals surface area contributed by atoms with Gasteiger partial charge in [-0.2, -0.15) is 0 Å². The van der Waals surface area contributed by atoms with Gasteiger partial charge in [-0.3, -0.25) is 13.6 Å². The number of phosphoric acid groups is 1. The molecule has 1 unspecified atom stereocenters. The van der Waals surface area contributed by atoms with Crippen LogP contribution in [0.3, 0.4) is 0 Å². The topological polar surface area (TPSA) is 65.0 Å². The van der Waals surface area contributed by atoms with Crippen LogP contribution in [0.2, 0.25) is 0 Å². The first-order chi connectivity index (χ1) is 11.1. The smallest absolute Gasteiger partial charge is 0.390 e. The molecule has 3 atom stereocenters. The summed E-state index contributed by atoms with van der Waals surface area (Å²) in [5, 5.41) is 9.96. The summed E-state index contributed by atoms with van der Waals surface area (Å²) < 4.78 is 28.9. The number of aliphatic hydroxyl groups excluding tert-OH is 1. The zero-order chi connectivity index (χ0) is 16.5. The van der Waals surface area contributed by atoms with Gasteiger partial charge >= 0.3 is 7.82 Å². The molecule has 130 valence electrons. The quantitative estimate of drug-likeness (QED) is 0.541. The van der Waals surface area contributed by atoms with E-state index in [4.69, 9.17) is 13.6 Å². The molecular weight excluding hydrogens is 315 g/mol. The standard InChI is InChI=1S/C17H27O5P/c1-2-20-23(19,22-17-13-7-6-12-16(17)18)21-14-8-11-15-9-4-3-5-10-15/h3-5,9-10,16-18H,2,6-8,11-14H2,1H3/t16-,17-,23?/m1/s1. The van der Waals surface area contributed by atoms with Gasteiger partial charge in [0.1, 0.15) is 0 Å². The fraction of sp³-hybridized carbons (Fsp3) is 0.647. The van der Waals surface area contributed by atoms with Crippen LogP contribution in [0.1, 0.15) is 44.6 Å². The fourth-order valence-electron chi connectivity index (χ4n) is 2.72. The maximum Gasteiger partial charge on any atom is 0.475 e. The van der Waals surface area contributed by atoms with E-state index in [0.717, 1.165) is 25.7 Å². The highest BCUT2D eigenvalue weighted by molar-refractivity contribution is 7.48. The molecule has 5 nitrogen and oxygen atoms in total. The SMILES string of the molecule is CCOP(=O)(OCCCc1ccccc1)O[C@@H]1CCCC[C@H]1O. The average molecular weight is 342 g/mol. The molecule has 1 N–H and O–H groups in total. The van der Waals surface area contributed by atoms with Crippen LogP contribution in [0.5, 0.6) is 0 Å².